The second kappa shape index (κ2) is 4.85. The number of hydrogen-bond donors (Lipinski definition) is 0. The van der Waals surface area contributed by atoms with Gasteiger partial charge in [0.15, 0.2) is 0 Å². The van der Waals surface area contributed by atoms with Gasteiger partial charge in [0.1, 0.15) is 6.29 Å². The molecule has 0 aliphatic heterocycles. The number of carbonyl (C=O) groups is 1. The van der Waals surface area contributed by atoms with Gasteiger partial charge in [-0.3, -0.25) is 10.1 Å². The summed E-state index contributed by atoms with van der Waals surface area (Å²) in [5.74, 6) is 0. The third kappa shape index (κ3) is 2.38. The first-order chi connectivity index (χ1) is 6.69. The fraction of sp³-hybridized carbons (Fsp3) is 0.222. The molecular weight excluding hydrogens is 250 g/mol. The van der Waals surface area contributed by atoms with Crippen LogP contribution in [0.4, 0.5) is 5.69 Å². The number of nitro groups is 1. The summed E-state index contributed by atoms with van der Waals surface area (Å²) >= 11 is 3.25. The van der Waals surface area contributed by atoms with Crippen LogP contribution >= 0.6 is 15.9 Å². The number of hydrogen-bond acceptors (Lipinski definition) is 3. The molecule has 0 bridgehead atoms. The zero-order chi connectivity index (χ0) is 10.6. The summed E-state index contributed by atoms with van der Waals surface area (Å²) in [6, 6.07) is 4.76. The van der Waals surface area contributed by atoms with Gasteiger partial charge in [-0.25, -0.2) is 0 Å². The van der Waals surface area contributed by atoms with Crippen molar-refractivity contribution in [1.82, 2.24) is 0 Å². The second-order valence-corrected chi connectivity index (χ2v) is 3.29. The molecule has 0 spiro atoms. The Hall–Kier alpha value is -1.23. The molecule has 5 heteroatoms. The molecule has 1 aromatic rings. The average Bonchev–Trinajstić information content (AvgIpc) is 2.17. The van der Waals surface area contributed by atoms with Crippen LogP contribution in [0.3, 0.4) is 0 Å². The van der Waals surface area contributed by atoms with Crippen LogP contribution in [0.15, 0.2) is 18.2 Å². The minimum atomic E-state index is -0.475. The minimum Gasteiger partial charge on any atom is -0.303 e. The molecule has 0 saturated heterocycles. The van der Waals surface area contributed by atoms with Crippen LogP contribution in [0.5, 0.6) is 0 Å². The molecule has 0 aliphatic carbocycles. The molecule has 1 aromatic carbocycles. The maximum absolute atomic E-state index is 10.6. The normalized spacial score (nSPS) is 9.79. The number of halogens is 1. The van der Waals surface area contributed by atoms with Crippen LogP contribution in [0.1, 0.15) is 11.1 Å². The van der Waals surface area contributed by atoms with Crippen molar-refractivity contribution >= 4 is 27.9 Å². The van der Waals surface area contributed by atoms with E-state index in [-0.39, 0.29) is 12.1 Å². The minimum absolute atomic E-state index is 0.00167. The van der Waals surface area contributed by atoms with Crippen molar-refractivity contribution in [3.05, 3.63) is 39.4 Å². The lowest BCUT2D eigenvalue weighted by molar-refractivity contribution is -0.385. The summed E-state index contributed by atoms with van der Waals surface area (Å²) in [6.45, 7) is 0. The van der Waals surface area contributed by atoms with E-state index in [4.69, 9.17) is 0 Å². The Morgan fingerprint density at radius 1 is 1.50 bits per heavy atom. The highest BCUT2D eigenvalue weighted by Gasteiger charge is 2.12. The molecule has 0 saturated carbocycles. The Labute approximate surface area is 89.2 Å². The summed E-state index contributed by atoms with van der Waals surface area (Å²) in [5, 5.41) is 11.2. The maximum Gasteiger partial charge on any atom is 0.273 e. The fourth-order valence-corrected chi connectivity index (χ4v) is 1.50. The molecule has 1 rings (SSSR count). The third-order valence-electron chi connectivity index (χ3n) is 1.80. The van der Waals surface area contributed by atoms with Gasteiger partial charge in [0.25, 0.3) is 5.69 Å². The Morgan fingerprint density at radius 3 is 2.71 bits per heavy atom. The van der Waals surface area contributed by atoms with E-state index < -0.39 is 4.92 Å². The predicted octanol–water partition coefficient (Wildman–Crippen LogP) is 2.23. The van der Waals surface area contributed by atoms with Crippen molar-refractivity contribution in [2.45, 2.75) is 11.8 Å². The van der Waals surface area contributed by atoms with E-state index in [9.17, 15) is 14.9 Å². The Morgan fingerprint density at radius 2 is 2.21 bits per heavy atom. The van der Waals surface area contributed by atoms with E-state index in [0.717, 1.165) is 5.56 Å². The topological polar surface area (TPSA) is 60.2 Å². The first kappa shape index (κ1) is 10.8. The number of rotatable bonds is 4. The monoisotopic (exact) mass is 257 g/mol. The Bertz CT molecular complexity index is 365. The molecule has 0 heterocycles. The zero-order valence-corrected chi connectivity index (χ0v) is 8.86. The molecule has 74 valence electrons. The molecule has 0 unspecified atom stereocenters. The highest BCUT2D eigenvalue weighted by molar-refractivity contribution is 9.08. The van der Waals surface area contributed by atoms with Gasteiger partial charge in [-0.05, 0) is 11.6 Å². The number of benzene rings is 1. The molecule has 0 N–H and O–H groups in total. The lowest BCUT2D eigenvalue weighted by Crippen LogP contribution is -1.97. The summed E-state index contributed by atoms with van der Waals surface area (Å²) < 4.78 is 0. The largest absolute Gasteiger partial charge is 0.303 e. The highest BCUT2D eigenvalue weighted by atomic mass is 79.9. The molecule has 0 aromatic heterocycles. The zero-order valence-electron chi connectivity index (χ0n) is 7.27. The van der Waals surface area contributed by atoms with E-state index in [1.807, 2.05) is 0 Å². The van der Waals surface area contributed by atoms with Gasteiger partial charge in [0.05, 0.1) is 4.92 Å². The van der Waals surface area contributed by atoms with Gasteiger partial charge >= 0.3 is 0 Å². The van der Waals surface area contributed by atoms with E-state index in [1.165, 1.54) is 6.07 Å². The summed E-state index contributed by atoms with van der Waals surface area (Å²) in [4.78, 5) is 20.4. The SMILES string of the molecule is O=CCc1cc(CBr)ccc1[N+](=O)[O-]. The molecule has 0 amide bonds. The van der Waals surface area contributed by atoms with Crippen molar-refractivity contribution in [2.24, 2.45) is 0 Å². The van der Waals surface area contributed by atoms with E-state index in [2.05, 4.69) is 15.9 Å². The molecule has 0 aliphatic rings. The van der Waals surface area contributed by atoms with Gasteiger partial charge in [0.2, 0.25) is 0 Å². The van der Waals surface area contributed by atoms with Crippen LogP contribution in [0.2, 0.25) is 0 Å². The number of nitrogens with zero attached hydrogens (tertiary/aromatic N) is 1. The summed E-state index contributed by atoms with van der Waals surface area (Å²) in [5.41, 5.74) is 1.39. The standard InChI is InChI=1S/C9H8BrNO3/c10-6-7-1-2-9(11(13)14)8(5-7)3-4-12/h1-2,4-5H,3,6H2. The predicted molar refractivity (Wildman–Crippen MR) is 55.5 cm³/mol. The Balaban J connectivity index is 3.16. The van der Waals surface area contributed by atoms with Gasteiger partial charge in [-0.1, -0.05) is 22.0 Å². The summed E-state index contributed by atoms with van der Waals surface area (Å²) in [7, 11) is 0. The highest BCUT2D eigenvalue weighted by Crippen LogP contribution is 2.21. The van der Waals surface area contributed by atoms with E-state index in [0.29, 0.717) is 17.2 Å². The van der Waals surface area contributed by atoms with Crippen LogP contribution in [-0.2, 0) is 16.5 Å². The summed E-state index contributed by atoms with van der Waals surface area (Å²) in [6.07, 6.45) is 0.748. The lowest BCUT2D eigenvalue weighted by Gasteiger charge is -2.01. The second-order valence-electron chi connectivity index (χ2n) is 2.72. The number of aldehydes is 1. The van der Waals surface area contributed by atoms with Crippen LogP contribution < -0.4 is 0 Å². The van der Waals surface area contributed by atoms with Gasteiger partial charge in [-0.2, -0.15) is 0 Å². The van der Waals surface area contributed by atoms with Crippen molar-refractivity contribution in [2.75, 3.05) is 0 Å². The molecule has 0 fully saturated rings. The molecular formula is C9H8BrNO3. The van der Waals surface area contributed by atoms with Gasteiger partial charge < -0.3 is 4.79 Å². The van der Waals surface area contributed by atoms with Crippen LogP contribution in [0, 0.1) is 10.1 Å². The van der Waals surface area contributed by atoms with Gasteiger partial charge in [-0.15, -0.1) is 0 Å². The number of carbonyl (C=O) groups excluding carboxylic acids is 1. The number of alkyl halides is 1. The van der Waals surface area contributed by atoms with Crippen molar-refractivity contribution in [3.8, 4) is 0 Å². The van der Waals surface area contributed by atoms with Crippen LogP contribution in [-0.4, -0.2) is 11.2 Å². The fourth-order valence-electron chi connectivity index (χ4n) is 1.15. The molecule has 14 heavy (non-hydrogen) atoms. The maximum atomic E-state index is 10.6. The lowest BCUT2D eigenvalue weighted by atomic mass is 10.1. The number of nitro benzene ring substituents is 1. The van der Waals surface area contributed by atoms with Crippen LogP contribution in [0.25, 0.3) is 0 Å². The Kier molecular flexibility index (Phi) is 3.76. The molecule has 4 nitrogen and oxygen atoms in total. The van der Waals surface area contributed by atoms with Crippen molar-refractivity contribution in [3.63, 3.8) is 0 Å². The van der Waals surface area contributed by atoms with Crippen molar-refractivity contribution in [1.29, 1.82) is 0 Å². The first-order valence-corrected chi connectivity index (χ1v) is 5.07. The molecule has 0 radical (unpaired) electrons. The molecule has 0 atom stereocenters. The smallest absolute Gasteiger partial charge is 0.273 e. The van der Waals surface area contributed by atoms with Gasteiger partial charge in [0, 0.05) is 23.4 Å². The van der Waals surface area contributed by atoms with E-state index in [1.54, 1.807) is 12.1 Å². The quantitative estimate of drug-likeness (QED) is 0.360. The first-order valence-electron chi connectivity index (χ1n) is 3.95. The average molecular weight is 258 g/mol. The van der Waals surface area contributed by atoms with Crippen molar-refractivity contribution < 1.29 is 9.72 Å². The third-order valence-corrected chi connectivity index (χ3v) is 2.45. The van der Waals surface area contributed by atoms with E-state index >= 15 is 0 Å².